The van der Waals surface area contributed by atoms with Crippen LogP contribution in [-0.2, 0) is 0 Å². The molecule has 2 unspecified atom stereocenters. The molecule has 0 bridgehead atoms. The minimum atomic E-state index is -2.75. The number of nitrogens with one attached hydrogen (secondary N) is 1. The van der Waals surface area contributed by atoms with Crippen LogP contribution in [0.5, 0.6) is 5.75 Å². The second kappa shape index (κ2) is 4.50. The third kappa shape index (κ3) is 2.21. The predicted molar refractivity (Wildman–Crippen MR) is 65.0 cm³/mol. The average Bonchev–Trinajstić information content (AvgIpc) is 3.12. The summed E-state index contributed by atoms with van der Waals surface area (Å²) in [7, 11) is 0. The van der Waals surface area contributed by atoms with E-state index in [0.717, 1.165) is 12.1 Å². The van der Waals surface area contributed by atoms with Crippen LogP contribution < -0.4 is 10.1 Å². The van der Waals surface area contributed by atoms with Crippen molar-refractivity contribution < 1.29 is 13.5 Å². The fourth-order valence-corrected chi connectivity index (χ4v) is 2.82. The summed E-state index contributed by atoms with van der Waals surface area (Å²) in [6, 6.07) is 5.69. The van der Waals surface area contributed by atoms with Crippen LogP contribution in [0.3, 0.4) is 0 Å². The molecule has 4 heteroatoms. The Morgan fingerprint density at radius 1 is 1.28 bits per heavy atom. The number of benzene rings is 1. The topological polar surface area (TPSA) is 21.3 Å². The predicted octanol–water partition coefficient (Wildman–Crippen LogP) is 3.45. The van der Waals surface area contributed by atoms with Crippen LogP contribution in [0.2, 0.25) is 0 Å². The third-order valence-electron chi connectivity index (χ3n) is 3.89. The molecular formula is C14H17F2NO. The SMILES string of the molecule is CC1CNC(C2CC2)c2cc(OC(F)F)ccc21. The molecule has 1 aromatic rings. The summed E-state index contributed by atoms with van der Waals surface area (Å²) in [5.41, 5.74) is 2.42. The monoisotopic (exact) mass is 253 g/mol. The molecule has 0 spiro atoms. The molecule has 3 rings (SSSR count). The number of halogens is 2. The number of hydrogen-bond acceptors (Lipinski definition) is 2. The lowest BCUT2D eigenvalue weighted by atomic mass is 9.85. The maximum absolute atomic E-state index is 12.3. The zero-order chi connectivity index (χ0) is 12.7. The van der Waals surface area contributed by atoms with Gasteiger partial charge in [-0.25, -0.2) is 0 Å². The number of rotatable bonds is 3. The van der Waals surface area contributed by atoms with Gasteiger partial charge in [-0.3, -0.25) is 0 Å². The Morgan fingerprint density at radius 2 is 2.06 bits per heavy atom. The second-order valence-corrected chi connectivity index (χ2v) is 5.29. The van der Waals surface area contributed by atoms with E-state index < -0.39 is 6.61 Å². The van der Waals surface area contributed by atoms with Gasteiger partial charge in [0, 0.05) is 12.6 Å². The van der Waals surface area contributed by atoms with E-state index in [9.17, 15) is 8.78 Å². The number of ether oxygens (including phenoxy) is 1. The highest BCUT2D eigenvalue weighted by molar-refractivity contribution is 5.42. The molecule has 1 fully saturated rings. The molecule has 0 amide bonds. The van der Waals surface area contributed by atoms with E-state index >= 15 is 0 Å². The van der Waals surface area contributed by atoms with Gasteiger partial charge in [-0.15, -0.1) is 0 Å². The third-order valence-corrected chi connectivity index (χ3v) is 3.89. The molecule has 1 aromatic carbocycles. The molecule has 18 heavy (non-hydrogen) atoms. The van der Waals surface area contributed by atoms with Crippen molar-refractivity contribution in [3.8, 4) is 5.75 Å². The van der Waals surface area contributed by atoms with E-state index in [1.807, 2.05) is 6.07 Å². The van der Waals surface area contributed by atoms with Crippen LogP contribution in [-0.4, -0.2) is 13.2 Å². The first-order chi connectivity index (χ1) is 8.65. The molecule has 2 atom stereocenters. The molecule has 2 aliphatic rings. The Bertz CT molecular complexity index is 445. The van der Waals surface area contributed by atoms with Gasteiger partial charge < -0.3 is 10.1 Å². The standard InChI is InChI=1S/C14H17F2NO/c1-8-7-17-13(9-2-3-9)12-6-10(18-14(15)16)4-5-11(8)12/h4-6,8-9,13-14,17H,2-3,7H2,1H3. The summed E-state index contributed by atoms with van der Waals surface area (Å²) < 4.78 is 29.0. The fourth-order valence-electron chi connectivity index (χ4n) is 2.82. The summed E-state index contributed by atoms with van der Waals surface area (Å²) in [5, 5.41) is 3.52. The second-order valence-electron chi connectivity index (χ2n) is 5.29. The highest BCUT2D eigenvalue weighted by atomic mass is 19.3. The van der Waals surface area contributed by atoms with Crippen molar-refractivity contribution in [3.05, 3.63) is 29.3 Å². The first-order valence-corrected chi connectivity index (χ1v) is 6.47. The molecule has 0 aromatic heterocycles. The first-order valence-electron chi connectivity index (χ1n) is 6.47. The van der Waals surface area contributed by atoms with Gasteiger partial charge in [0.25, 0.3) is 0 Å². The van der Waals surface area contributed by atoms with Gasteiger partial charge in [-0.05, 0) is 47.9 Å². The summed E-state index contributed by atoms with van der Waals surface area (Å²) in [6.07, 6.45) is 2.46. The van der Waals surface area contributed by atoms with Crippen molar-refractivity contribution >= 4 is 0 Å². The van der Waals surface area contributed by atoms with Gasteiger partial charge in [0.2, 0.25) is 0 Å². The smallest absolute Gasteiger partial charge is 0.387 e. The molecule has 0 radical (unpaired) electrons. The van der Waals surface area contributed by atoms with E-state index in [2.05, 4.69) is 17.0 Å². The zero-order valence-corrected chi connectivity index (χ0v) is 10.3. The van der Waals surface area contributed by atoms with E-state index in [1.54, 1.807) is 12.1 Å². The molecular weight excluding hydrogens is 236 g/mol. The Morgan fingerprint density at radius 3 is 2.72 bits per heavy atom. The molecule has 1 aliphatic heterocycles. The molecule has 1 saturated carbocycles. The Kier molecular flexibility index (Phi) is 2.98. The summed E-state index contributed by atoms with van der Waals surface area (Å²) in [6.45, 7) is 0.364. The molecule has 1 N–H and O–H groups in total. The number of hydrogen-bond donors (Lipinski definition) is 1. The fraction of sp³-hybridized carbons (Fsp3) is 0.571. The van der Waals surface area contributed by atoms with Crippen LogP contribution in [0.4, 0.5) is 8.78 Å². The van der Waals surface area contributed by atoms with Crippen LogP contribution in [0, 0.1) is 5.92 Å². The van der Waals surface area contributed by atoms with Crippen molar-refractivity contribution in [2.75, 3.05) is 6.54 Å². The van der Waals surface area contributed by atoms with Crippen molar-refractivity contribution in [1.29, 1.82) is 0 Å². The van der Waals surface area contributed by atoms with Crippen LogP contribution in [0.1, 0.15) is 42.9 Å². The van der Waals surface area contributed by atoms with Gasteiger partial charge in [0.05, 0.1) is 0 Å². The molecule has 2 nitrogen and oxygen atoms in total. The first kappa shape index (κ1) is 11.9. The van der Waals surface area contributed by atoms with E-state index in [1.165, 1.54) is 18.4 Å². The highest BCUT2D eigenvalue weighted by Gasteiger charge is 2.36. The Labute approximate surface area is 105 Å². The van der Waals surface area contributed by atoms with Crippen LogP contribution in [0.25, 0.3) is 0 Å². The average molecular weight is 253 g/mol. The summed E-state index contributed by atoms with van der Waals surface area (Å²) in [5.74, 6) is 1.36. The Hall–Kier alpha value is -1.16. The van der Waals surface area contributed by atoms with Crippen molar-refractivity contribution in [1.82, 2.24) is 5.32 Å². The van der Waals surface area contributed by atoms with Gasteiger partial charge in [-0.1, -0.05) is 13.0 Å². The zero-order valence-electron chi connectivity index (χ0n) is 10.3. The lowest BCUT2D eigenvalue weighted by Gasteiger charge is -2.31. The number of fused-ring (bicyclic) bond motifs is 1. The lowest BCUT2D eigenvalue weighted by molar-refractivity contribution is -0.0499. The van der Waals surface area contributed by atoms with Gasteiger partial charge in [0.15, 0.2) is 0 Å². The molecule has 1 heterocycles. The molecule has 0 saturated heterocycles. The van der Waals surface area contributed by atoms with Gasteiger partial charge in [0.1, 0.15) is 5.75 Å². The lowest BCUT2D eigenvalue weighted by Crippen LogP contribution is -2.33. The van der Waals surface area contributed by atoms with Crippen molar-refractivity contribution in [2.24, 2.45) is 5.92 Å². The minimum Gasteiger partial charge on any atom is -0.435 e. The van der Waals surface area contributed by atoms with Crippen molar-refractivity contribution in [2.45, 2.75) is 38.3 Å². The summed E-state index contributed by atoms with van der Waals surface area (Å²) in [4.78, 5) is 0. The maximum Gasteiger partial charge on any atom is 0.387 e. The molecule has 1 aliphatic carbocycles. The maximum atomic E-state index is 12.3. The number of alkyl halides is 2. The normalized spacial score (nSPS) is 27.1. The quantitative estimate of drug-likeness (QED) is 0.891. The van der Waals surface area contributed by atoms with Gasteiger partial charge in [-0.2, -0.15) is 8.78 Å². The minimum absolute atomic E-state index is 0.269. The van der Waals surface area contributed by atoms with Crippen LogP contribution >= 0.6 is 0 Å². The highest BCUT2D eigenvalue weighted by Crippen LogP contribution is 2.45. The van der Waals surface area contributed by atoms with E-state index in [4.69, 9.17) is 0 Å². The van der Waals surface area contributed by atoms with E-state index in [-0.39, 0.29) is 5.75 Å². The van der Waals surface area contributed by atoms with Gasteiger partial charge >= 0.3 is 6.61 Å². The summed E-state index contributed by atoms with van der Waals surface area (Å²) >= 11 is 0. The van der Waals surface area contributed by atoms with Crippen molar-refractivity contribution in [3.63, 3.8) is 0 Å². The largest absolute Gasteiger partial charge is 0.435 e. The van der Waals surface area contributed by atoms with Crippen LogP contribution in [0.15, 0.2) is 18.2 Å². The van der Waals surface area contributed by atoms with E-state index in [0.29, 0.717) is 17.9 Å². The Balaban J connectivity index is 1.94. The molecule has 98 valence electrons.